The number of rotatable bonds is 6. The van der Waals surface area contributed by atoms with Gasteiger partial charge in [-0.1, -0.05) is 12.2 Å². The van der Waals surface area contributed by atoms with Crippen LogP contribution in [-0.2, 0) is 7.05 Å². The van der Waals surface area contributed by atoms with Gasteiger partial charge in [0.1, 0.15) is 0 Å². The quantitative estimate of drug-likeness (QED) is 0.364. The zero-order valence-electron chi connectivity index (χ0n) is 14.6. The van der Waals surface area contributed by atoms with E-state index in [0.717, 1.165) is 38.6 Å². The molecule has 1 aliphatic rings. The highest BCUT2D eigenvalue weighted by atomic mass is 15.3. The summed E-state index contributed by atoms with van der Waals surface area (Å²) in [6.45, 7) is 7.94. The molecule has 1 saturated heterocycles. The van der Waals surface area contributed by atoms with Crippen LogP contribution in [0.1, 0.15) is 33.1 Å². The van der Waals surface area contributed by atoms with Gasteiger partial charge in [0.2, 0.25) is 0 Å². The van der Waals surface area contributed by atoms with Crippen molar-refractivity contribution < 1.29 is 0 Å². The fourth-order valence-corrected chi connectivity index (χ4v) is 2.83. The van der Waals surface area contributed by atoms with Crippen molar-refractivity contribution in [1.82, 2.24) is 20.4 Å². The maximum Gasteiger partial charge on any atom is 0.191 e. The van der Waals surface area contributed by atoms with E-state index in [4.69, 9.17) is 0 Å². The maximum atomic E-state index is 4.66. The highest BCUT2D eigenvalue weighted by Gasteiger charge is 2.21. The lowest BCUT2D eigenvalue weighted by Gasteiger charge is -2.34. The first-order valence-corrected chi connectivity index (χ1v) is 8.62. The minimum Gasteiger partial charge on any atom is -0.367 e. The molecule has 0 amide bonds. The van der Waals surface area contributed by atoms with Crippen LogP contribution in [0.25, 0.3) is 0 Å². The number of piperidine rings is 1. The highest BCUT2D eigenvalue weighted by molar-refractivity contribution is 5.80. The second-order valence-corrected chi connectivity index (χ2v) is 5.92. The molecule has 0 radical (unpaired) electrons. The standard InChI is InChI=1S/C17H30N6/c1-4-6-7-10-19-17(18-5-2)21-15-9-8-11-23(13-15)16-12-20-22(3)14-16/h4,6,12,14-15H,5,7-11,13H2,1-3H3,(H2,18,19,21)/b6-4+. The van der Waals surface area contributed by atoms with Crippen molar-refractivity contribution in [1.29, 1.82) is 0 Å². The number of aliphatic imine (C=N–C) groups is 1. The van der Waals surface area contributed by atoms with Crippen LogP contribution in [0.2, 0.25) is 0 Å². The van der Waals surface area contributed by atoms with Gasteiger partial charge in [-0.3, -0.25) is 9.67 Å². The number of aryl methyl sites for hydroxylation is 1. The summed E-state index contributed by atoms with van der Waals surface area (Å²) in [5.74, 6) is 0.926. The van der Waals surface area contributed by atoms with Gasteiger partial charge in [-0.05, 0) is 33.1 Å². The lowest BCUT2D eigenvalue weighted by atomic mass is 10.1. The average Bonchev–Trinajstić information content (AvgIpc) is 2.98. The Morgan fingerprint density at radius 2 is 2.39 bits per heavy atom. The lowest BCUT2D eigenvalue weighted by molar-refractivity contribution is 0.468. The van der Waals surface area contributed by atoms with Gasteiger partial charge in [-0.25, -0.2) is 0 Å². The van der Waals surface area contributed by atoms with E-state index in [1.54, 1.807) is 0 Å². The molecule has 23 heavy (non-hydrogen) atoms. The molecule has 1 aliphatic heterocycles. The average molecular weight is 318 g/mol. The smallest absolute Gasteiger partial charge is 0.191 e. The third-order valence-electron chi connectivity index (χ3n) is 3.96. The molecular formula is C17H30N6. The van der Waals surface area contributed by atoms with Gasteiger partial charge >= 0.3 is 0 Å². The molecule has 0 saturated carbocycles. The number of aromatic nitrogens is 2. The Morgan fingerprint density at radius 3 is 3.09 bits per heavy atom. The van der Waals surface area contributed by atoms with E-state index < -0.39 is 0 Å². The molecule has 0 spiro atoms. The lowest BCUT2D eigenvalue weighted by Crippen LogP contribution is -2.51. The molecule has 6 nitrogen and oxygen atoms in total. The fraction of sp³-hybridized carbons (Fsp3) is 0.647. The summed E-state index contributed by atoms with van der Waals surface area (Å²) in [7, 11) is 1.96. The predicted octanol–water partition coefficient (Wildman–Crippen LogP) is 1.91. The van der Waals surface area contributed by atoms with Crippen molar-refractivity contribution in [2.24, 2.45) is 12.0 Å². The van der Waals surface area contributed by atoms with Crippen LogP contribution in [0, 0.1) is 0 Å². The van der Waals surface area contributed by atoms with Gasteiger partial charge in [0, 0.05) is 45.5 Å². The molecule has 128 valence electrons. The van der Waals surface area contributed by atoms with Gasteiger partial charge in [0.15, 0.2) is 5.96 Å². The largest absolute Gasteiger partial charge is 0.367 e. The molecule has 6 heteroatoms. The molecule has 2 N–H and O–H groups in total. The molecular weight excluding hydrogens is 288 g/mol. The SMILES string of the molecule is C/C=C/CCN=C(NCC)NC1CCCN(c2cnn(C)c2)C1. The van der Waals surface area contributed by atoms with E-state index in [-0.39, 0.29) is 0 Å². The molecule has 2 rings (SSSR count). The Bertz CT molecular complexity index is 519. The summed E-state index contributed by atoms with van der Waals surface area (Å²) < 4.78 is 1.86. The fourth-order valence-electron chi connectivity index (χ4n) is 2.83. The molecule has 1 aromatic rings. The number of guanidine groups is 1. The summed E-state index contributed by atoms with van der Waals surface area (Å²) in [6.07, 6.45) is 11.6. The van der Waals surface area contributed by atoms with Crippen LogP contribution in [0.4, 0.5) is 5.69 Å². The van der Waals surface area contributed by atoms with Crippen LogP contribution in [0.5, 0.6) is 0 Å². The first-order chi connectivity index (χ1) is 11.2. The zero-order valence-corrected chi connectivity index (χ0v) is 14.6. The topological polar surface area (TPSA) is 57.5 Å². The number of anilines is 1. The number of nitrogens with zero attached hydrogens (tertiary/aromatic N) is 4. The monoisotopic (exact) mass is 318 g/mol. The first kappa shape index (κ1) is 17.4. The molecule has 1 fully saturated rings. The van der Waals surface area contributed by atoms with E-state index in [1.807, 2.05) is 24.9 Å². The second-order valence-electron chi connectivity index (χ2n) is 5.92. The van der Waals surface area contributed by atoms with Crippen LogP contribution in [-0.4, -0.2) is 48.0 Å². The summed E-state index contributed by atoms with van der Waals surface area (Å²) in [5.41, 5.74) is 1.20. The molecule has 1 aromatic heterocycles. The molecule has 0 aliphatic carbocycles. The Kier molecular flexibility index (Phi) is 6.97. The maximum absolute atomic E-state index is 4.66. The van der Waals surface area contributed by atoms with Crippen molar-refractivity contribution in [3.8, 4) is 0 Å². The van der Waals surface area contributed by atoms with Crippen molar-refractivity contribution in [3.63, 3.8) is 0 Å². The minimum absolute atomic E-state index is 0.420. The van der Waals surface area contributed by atoms with Crippen molar-refractivity contribution >= 4 is 11.6 Å². The number of hydrogen-bond donors (Lipinski definition) is 2. The van der Waals surface area contributed by atoms with Crippen LogP contribution < -0.4 is 15.5 Å². The number of hydrogen-bond acceptors (Lipinski definition) is 3. The molecule has 1 atom stereocenters. The number of nitrogens with one attached hydrogen (secondary N) is 2. The number of allylic oxidation sites excluding steroid dienone is 1. The summed E-state index contributed by atoms with van der Waals surface area (Å²) in [4.78, 5) is 7.06. The Balaban J connectivity index is 1.90. The minimum atomic E-state index is 0.420. The summed E-state index contributed by atoms with van der Waals surface area (Å²) >= 11 is 0. The molecule has 1 unspecified atom stereocenters. The van der Waals surface area contributed by atoms with E-state index in [0.29, 0.717) is 6.04 Å². The highest BCUT2D eigenvalue weighted by Crippen LogP contribution is 2.18. The van der Waals surface area contributed by atoms with E-state index in [1.165, 1.54) is 18.5 Å². The van der Waals surface area contributed by atoms with E-state index in [9.17, 15) is 0 Å². The van der Waals surface area contributed by atoms with Crippen LogP contribution in [0.15, 0.2) is 29.5 Å². The predicted molar refractivity (Wildman–Crippen MR) is 97.0 cm³/mol. The van der Waals surface area contributed by atoms with Crippen molar-refractivity contribution in [2.75, 3.05) is 31.1 Å². The van der Waals surface area contributed by atoms with Crippen molar-refractivity contribution in [2.45, 2.75) is 39.2 Å². The van der Waals surface area contributed by atoms with Gasteiger partial charge < -0.3 is 15.5 Å². The van der Waals surface area contributed by atoms with Gasteiger partial charge in [-0.2, -0.15) is 5.10 Å². The van der Waals surface area contributed by atoms with Crippen molar-refractivity contribution in [3.05, 3.63) is 24.5 Å². The summed E-state index contributed by atoms with van der Waals surface area (Å²) in [6, 6.07) is 0.420. The molecule has 0 bridgehead atoms. The zero-order chi connectivity index (χ0) is 16.5. The third-order valence-corrected chi connectivity index (χ3v) is 3.96. The van der Waals surface area contributed by atoms with Crippen LogP contribution in [0.3, 0.4) is 0 Å². The van der Waals surface area contributed by atoms with Gasteiger partial charge in [0.05, 0.1) is 11.9 Å². The van der Waals surface area contributed by atoms with E-state index in [2.05, 4.69) is 50.9 Å². The Hall–Kier alpha value is -1.98. The molecule has 0 aromatic carbocycles. The van der Waals surface area contributed by atoms with Gasteiger partial charge in [0.25, 0.3) is 0 Å². The second kappa shape index (κ2) is 9.22. The van der Waals surface area contributed by atoms with Gasteiger partial charge in [-0.15, -0.1) is 0 Å². The Morgan fingerprint density at radius 1 is 1.52 bits per heavy atom. The third kappa shape index (κ3) is 5.62. The normalized spacial score (nSPS) is 19.3. The Labute approximate surface area is 139 Å². The van der Waals surface area contributed by atoms with Crippen LogP contribution >= 0.6 is 0 Å². The van der Waals surface area contributed by atoms with E-state index >= 15 is 0 Å². The molecule has 2 heterocycles. The summed E-state index contributed by atoms with van der Waals surface area (Å²) in [5, 5.41) is 11.2. The first-order valence-electron chi connectivity index (χ1n) is 8.62.